The number of halogens is 1. The number of piperidine rings is 1. The average Bonchev–Trinajstić information content (AvgIpc) is 2.45. The van der Waals surface area contributed by atoms with E-state index >= 15 is 0 Å². The second-order valence-electron chi connectivity index (χ2n) is 5.51. The number of sulfonamides is 1. The van der Waals surface area contributed by atoms with Gasteiger partial charge in [0.05, 0.1) is 11.8 Å². The smallest absolute Gasteiger partial charge is 0.208 e. The Morgan fingerprint density at radius 2 is 2.00 bits per heavy atom. The number of rotatable bonds is 3. The number of aromatic nitrogens is 2. The summed E-state index contributed by atoms with van der Waals surface area (Å²) in [6, 6.07) is 5.57. The molecule has 0 bridgehead atoms. The average molecular weight is 341 g/mol. The lowest BCUT2D eigenvalue weighted by Gasteiger charge is -2.33. The molecule has 0 atom stereocenters. The Morgan fingerprint density at radius 3 is 2.68 bits per heavy atom. The number of anilines is 1. The predicted octanol–water partition coefficient (Wildman–Crippen LogP) is 1.80. The Balaban J connectivity index is 1.79. The predicted molar refractivity (Wildman–Crippen MR) is 87.8 cm³/mol. The molecule has 2 heterocycles. The molecule has 2 aromatic rings. The molecule has 0 radical (unpaired) electrons. The first-order valence-corrected chi connectivity index (χ1v) is 9.32. The van der Waals surface area contributed by atoms with Gasteiger partial charge in [-0.05, 0) is 31.0 Å². The molecular formula is C14H17ClN4O2S. The highest BCUT2D eigenvalue weighted by atomic mass is 35.5. The summed E-state index contributed by atoms with van der Waals surface area (Å²) in [6.45, 7) is 1.50. The van der Waals surface area contributed by atoms with Crippen LogP contribution in [-0.2, 0) is 10.0 Å². The lowest BCUT2D eigenvalue weighted by atomic mass is 10.1. The molecule has 3 rings (SSSR count). The van der Waals surface area contributed by atoms with Crippen molar-refractivity contribution in [1.82, 2.24) is 14.7 Å². The molecule has 1 aromatic heterocycles. The van der Waals surface area contributed by atoms with Gasteiger partial charge in [0.1, 0.15) is 12.1 Å². The van der Waals surface area contributed by atoms with Crippen LogP contribution in [-0.4, -0.2) is 43.8 Å². The van der Waals surface area contributed by atoms with Gasteiger partial charge in [0.15, 0.2) is 0 Å². The molecule has 1 fully saturated rings. The monoisotopic (exact) mass is 340 g/mol. The summed E-state index contributed by atoms with van der Waals surface area (Å²) in [4.78, 5) is 10.8. The van der Waals surface area contributed by atoms with Crippen LogP contribution >= 0.6 is 11.6 Å². The highest BCUT2D eigenvalue weighted by molar-refractivity contribution is 7.88. The van der Waals surface area contributed by atoms with Crippen LogP contribution in [0.5, 0.6) is 0 Å². The second-order valence-corrected chi connectivity index (χ2v) is 7.73. The first-order chi connectivity index (χ1) is 10.4. The highest BCUT2D eigenvalue weighted by Crippen LogP contribution is 2.27. The van der Waals surface area contributed by atoms with Gasteiger partial charge in [0, 0.05) is 29.5 Å². The van der Waals surface area contributed by atoms with Gasteiger partial charge in [0.25, 0.3) is 0 Å². The zero-order valence-electron chi connectivity index (χ0n) is 12.2. The fourth-order valence-corrected chi connectivity index (χ4v) is 3.79. The molecule has 1 aliphatic rings. The lowest BCUT2D eigenvalue weighted by molar-refractivity contribution is 0.460. The minimum absolute atomic E-state index is 0.00574. The van der Waals surface area contributed by atoms with Crippen molar-refractivity contribution in [2.45, 2.75) is 18.9 Å². The van der Waals surface area contributed by atoms with Crippen molar-refractivity contribution in [3.05, 3.63) is 29.5 Å². The molecular weight excluding hydrogens is 324 g/mol. The van der Waals surface area contributed by atoms with Gasteiger partial charge in [-0.3, -0.25) is 0 Å². The molecule has 0 spiro atoms. The van der Waals surface area contributed by atoms with Gasteiger partial charge in [-0.2, -0.15) is 0 Å². The maximum Gasteiger partial charge on any atom is 0.208 e. The molecule has 1 saturated heterocycles. The second kappa shape index (κ2) is 5.98. The first kappa shape index (κ1) is 15.5. The summed E-state index contributed by atoms with van der Waals surface area (Å²) in [5, 5.41) is 1.61. The molecule has 8 heteroatoms. The number of hydrogen-bond donors (Lipinski definition) is 1. The molecule has 1 N–H and O–H groups in total. The van der Waals surface area contributed by atoms with Gasteiger partial charge in [-0.1, -0.05) is 11.6 Å². The van der Waals surface area contributed by atoms with Gasteiger partial charge < -0.3 is 4.90 Å². The van der Waals surface area contributed by atoms with Gasteiger partial charge in [0.2, 0.25) is 10.0 Å². The van der Waals surface area contributed by atoms with E-state index in [0.717, 1.165) is 42.7 Å². The lowest BCUT2D eigenvalue weighted by Crippen LogP contribution is -2.44. The summed E-state index contributed by atoms with van der Waals surface area (Å²) in [6.07, 6.45) is 4.24. The van der Waals surface area contributed by atoms with Crippen molar-refractivity contribution in [3.8, 4) is 0 Å². The Morgan fingerprint density at radius 1 is 1.27 bits per heavy atom. The zero-order chi connectivity index (χ0) is 15.7. The maximum atomic E-state index is 11.3. The molecule has 0 unspecified atom stereocenters. The molecule has 0 aliphatic carbocycles. The van der Waals surface area contributed by atoms with Crippen LogP contribution in [0.15, 0.2) is 24.5 Å². The Kier molecular flexibility index (Phi) is 4.20. The van der Waals surface area contributed by atoms with Crippen LogP contribution < -0.4 is 9.62 Å². The van der Waals surface area contributed by atoms with Crippen LogP contribution in [0.1, 0.15) is 12.8 Å². The minimum atomic E-state index is -3.15. The van der Waals surface area contributed by atoms with Crippen molar-refractivity contribution in [2.75, 3.05) is 24.2 Å². The Bertz CT molecular complexity index is 789. The molecule has 118 valence electrons. The van der Waals surface area contributed by atoms with Crippen molar-refractivity contribution in [3.63, 3.8) is 0 Å². The first-order valence-electron chi connectivity index (χ1n) is 7.05. The normalized spacial score (nSPS) is 17.1. The van der Waals surface area contributed by atoms with E-state index in [1.165, 1.54) is 12.6 Å². The third-order valence-corrected chi connectivity index (χ3v) is 4.75. The van der Waals surface area contributed by atoms with E-state index in [2.05, 4.69) is 19.6 Å². The molecule has 6 nitrogen and oxygen atoms in total. The summed E-state index contributed by atoms with van der Waals surface area (Å²) >= 11 is 6.00. The molecule has 22 heavy (non-hydrogen) atoms. The maximum absolute atomic E-state index is 11.3. The summed E-state index contributed by atoms with van der Waals surface area (Å²) in [5.74, 6) is 0.875. The summed E-state index contributed by atoms with van der Waals surface area (Å²) < 4.78 is 25.3. The molecule has 1 aromatic carbocycles. The third kappa shape index (κ3) is 3.48. The van der Waals surface area contributed by atoms with E-state index in [1.807, 2.05) is 18.2 Å². The van der Waals surface area contributed by atoms with Crippen molar-refractivity contribution >= 4 is 38.3 Å². The Hall–Kier alpha value is -1.44. The van der Waals surface area contributed by atoms with Crippen molar-refractivity contribution in [2.24, 2.45) is 0 Å². The van der Waals surface area contributed by atoms with Crippen LogP contribution in [0.3, 0.4) is 0 Å². The highest BCUT2D eigenvalue weighted by Gasteiger charge is 2.23. The van der Waals surface area contributed by atoms with Gasteiger partial charge in [-0.25, -0.2) is 23.1 Å². The van der Waals surface area contributed by atoms with Crippen LogP contribution in [0, 0.1) is 0 Å². The Labute approximate surface area is 134 Å². The fraction of sp³-hybridized carbons (Fsp3) is 0.429. The third-order valence-electron chi connectivity index (χ3n) is 3.75. The minimum Gasteiger partial charge on any atom is -0.356 e. The van der Waals surface area contributed by atoms with Crippen LogP contribution in [0.4, 0.5) is 5.82 Å². The number of fused-ring (bicyclic) bond motifs is 1. The summed E-state index contributed by atoms with van der Waals surface area (Å²) in [7, 11) is -3.15. The number of hydrogen-bond acceptors (Lipinski definition) is 5. The fourth-order valence-electron chi connectivity index (χ4n) is 2.78. The van der Waals surface area contributed by atoms with Crippen molar-refractivity contribution in [1.29, 1.82) is 0 Å². The molecule has 0 saturated carbocycles. The van der Waals surface area contributed by atoms with Crippen molar-refractivity contribution < 1.29 is 8.42 Å². The zero-order valence-corrected chi connectivity index (χ0v) is 13.7. The van der Waals surface area contributed by atoms with E-state index in [-0.39, 0.29) is 6.04 Å². The van der Waals surface area contributed by atoms with E-state index in [9.17, 15) is 8.42 Å². The van der Waals surface area contributed by atoms with E-state index in [0.29, 0.717) is 5.02 Å². The SMILES string of the molecule is CS(=O)(=O)NC1CCN(c2ncnc3cc(Cl)ccc23)CC1. The van der Waals surface area contributed by atoms with Gasteiger partial charge in [-0.15, -0.1) is 0 Å². The molecule has 1 aliphatic heterocycles. The molecule has 0 amide bonds. The topological polar surface area (TPSA) is 75.2 Å². The van der Waals surface area contributed by atoms with Gasteiger partial charge >= 0.3 is 0 Å². The van der Waals surface area contributed by atoms with Crippen LogP contribution in [0.2, 0.25) is 5.02 Å². The number of nitrogens with zero attached hydrogens (tertiary/aromatic N) is 3. The van der Waals surface area contributed by atoms with E-state index in [4.69, 9.17) is 11.6 Å². The summed E-state index contributed by atoms with van der Waals surface area (Å²) in [5.41, 5.74) is 0.814. The largest absolute Gasteiger partial charge is 0.356 e. The quantitative estimate of drug-likeness (QED) is 0.922. The number of nitrogens with one attached hydrogen (secondary N) is 1. The van der Waals surface area contributed by atoms with Crippen LogP contribution in [0.25, 0.3) is 10.9 Å². The standard InChI is InChI=1S/C14H17ClN4O2S/c1-22(20,21)18-11-4-6-19(7-5-11)14-12-3-2-10(15)8-13(12)16-9-17-14/h2-3,8-9,11,18H,4-7H2,1H3. The van der Waals surface area contributed by atoms with E-state index < -0.39 is 10.0 Å². The number of benzene rings is 1. The van der Waals surface area contributed by atoms with E-state index in [1.54, 1.807) is 0 Å².